The van der Waals surface area contributed by atoms with E-state index in [4.69, 9.17) is 5.73 Å². The first-order chi connectivity index (χ1) is 9.18. The van der Waals surface area contributed by atoms with E-state index in [1.807, 2.05) is 24.3 Å². The summed E-state index contributed by atoms with van der Waals surface area (Å²) in [7, 11) is 0. The lowest BCUT2D eigenvalue weighted by Crippen LogP contribution is -2.15. The summed E-state index contributed by atoms with van der Waals surface area (Å²) in [5.41, 5.74) is 8.15. The maximum absolute atomic E-state index is 14.0. The van der Waals surface area contributed by atoms with Crippen LogP contribution in [0.3, 0.4) is 0 Å². The van der Waals surface area contributed by atoms with Gasteiger partial charge in [0.05, 0.1) is 4.47 Å². The molecule has 0 aliphatic heterocycles. The van der Waals surface area contributed by atoms with Gasteiger partial charge in [0.25, 0.3) is 0 Å². The molecule has 0 saturated heterocycles. The molecule has 0 heterocycles. The number of hydrogen-bond donors (Lipinski definition) is 1. The fraction of sp³-hybridized carbons (Fsp3) is 0.250. The van der Waals surface area contributed by atoms with Crippen molar-refractivity contribution in [1.29, 1.82) is 0 Å². The van der Waals surface area contributed by atoms with Gasteiger partial charge >= 0.3 is 0 Å². The lowest BCUT2D eigenvalue weighted by Gasteiger charge is -2.13. The molecule has 0 spiro atoms. The molecule has 1 aliphatic rings. The van der Waals surface area contributed by atoms with Crippen LogP contribution in [-0.4, -0.2) is 0 Å². The number of nitrogens with two attached hydrogens (primary N) is 1. The van der Waals surface area contributed by atoms with Crippen molar-refractivity contribution in [3.8, 4) is 0 Å². The third-order valence-electron chi connectivity index (χ3n) is 3.87. The Morgan fingerprint density at radius 2 is 1.84 bits per heavy atom. The van der Waals surface area contributed by atoms with E-state index in [1.165, 1.54) is 5.56 Å². The van der Waals surface area contributed by atoms with Crippen LogP contribution in [0.4, 0.5) is 4.39 Å². The second kappa shape index (κ2) is 5.06. The van der Waals surface area contributed by atoms with E-state index in [2.05, 4.69) is 28.1 Å². The largest absolute Gasteiger partial charge is 0.324 e. The van der Waals surface area contributed by atoms with E-state index in [0.717, 1.165) is 6.42 Å². The lowest BCUT2D eigenvalue weighted by atomic mass is 9.99. The molecule has 0 aromatic heterocycles. The molecule has 3 atom stereocenters. The summed E-state index contributed by atoms with van der Waals surface area (Å²) in [5, 5.41) is 0. The molecule has 2 aromatic carbocycles. The molecule has 2 N–H and O–H groups in total. The van der Waals surface area contributed by atoms with Crippen molar-refractivity contribution in [2.75, 3.05) is 0 Å². The second-order valence-corrected chi connectivity index (χ2v) is 5.94. The summed E-state index contributed by atoms with van der Waals surface area (Å²) in [6, 6.07) is 15.4. The Balaban J connectivity index is 1.80. The highest BCUT2D eigenvalue weighted by Gasteiger charge is 2.43. The van der Waals surface area contributed by atoms with Crippen LogP contribution in [0.15, 0.2) is 53.0 Å². The first-order valence-corrected chi connectivity index (χ1v) is 7.22. The number of benzene rings is 2. The highest BCUT2D eigenvalue weighted by molar-refractivity contribution is 9.10. The van der Waals surface area contributed by atoms with Crippen molar-refractivity contribution in [3.05, 3.63) is 69.9 Å². The molecule has 0 amide bonds. The molecular weight excluding hydrogens is 305 g/mol. The average Bonchev–Trinajstić information content (AvgIpc) is 3.22. The van der Waals surface area contributed by atoms with Crippen molar-refractivity contribution in [3.63, 3.8) is 0 Å². The van der Waals surface area contributed by atoms with Crippen LogP contribution in [0.5, 0.6) is 0 Å². The van der Waals surface area contributed by atoms with Gasteiger partial charge in [0, 0.05) is 11.6 Å². The van der Waals surface area contributed by atoms with Gasteiger partial charge in [-0.05, 0) is 45.8 Å². The van der Waals surface area contributed by atoms with Gasteiger partial charge in [0.1, 0.15) is 5.82 Å². The van der Waals surface area contributed by atoms with Crippen LogP contribution in [0.1, 0.15) is 29.5 Å². The molecule has 1 nitrogen and oxygen atoms in total. The molecule has 98 valence electrons. The van der Waals surface area contributed by atoms with Gasteiger partial charge in [-0.2, -0.15) is 0 Å². The van der Waals surface area contributed by atoms with Crippen molar-refractivity contribution in [2.24, 2.45) is 11.7 Å². The molecule has 1 fully saturated rings. The van der Waals surface area contributed by atoms with Gasteiger partial charge < -0.3 is 5.73 Å². The minimum atomic E-state index is -0.234. The van der Waals surface area contributed by atoms with Crippen LogP contribution in [-0.2, 0) is 0 Å². The van der Waals surface area contributed by atoms with Crippen molar-refractivity contribution in [2.45, 2.75) is 18.4 Å². The Hall–Kier alpha value is -1.19. The molecule has 2 aromatic rings. The van der Waals surface area contributed by atoms with Crippen LogP contribution in [0, 0.1) is 11.7 Å². The van der Waals surface area contributed by atoms with E-state index >= 15 is 0 Å². The summed E-state index contributed by atoms with van der Waals surface area (Å²) in [6.45, 7) is 0. The summed E-state index contributed by atoms with van der Waals surface area (Å²) in [6.07, 6.45) is 1.04. The predicted octanol–water partition coefficient (Wildman–Crippen LogP) is 4.39. The highest BCUT2D eigenvalue weighted by Crippen LogP contribution is 2.53. The molecule has 1 saturated carbocycles. The minimum absolute atomic E-state index is 0.228. The van der Waals surface area contributed by atoms with E-state index in [-0.39, 0.29) is 11.9 Å². The van der Waals surface area contributed by atoms with Crippen LogP contribution < -0.4 is 5.73 Å². The molecule has 3 heteroatoms. The zero-order valence-electron chi connectivity index (χ0n) is 10.4. The number of rotatable bonds is 3. The van der Waals surface area contributed by atoms with Crippen molar-refractivity contribution in [1.82, 2.24) is 0 Å². The van der Waals surface area contributed by atoms with Crippen molar-refractivity contribution >= 4 is 15.9 Å². The van der Waals surface area contributed by atoms with E-state index in [0.29, 0.717) is 21.9 Å². The number of halogens is 2. The normalized spacial score (nSPS) is 23.1. The summed E-state index contributed by atoms with van der Waals surface area (Å²) >= 11 is 3.21. The van der Waals surface area contributed by atoms with E-state index < -0.39 is 0 Å². The predicted molar refractivity (Wildman–Crippen MR) is 78.3 cm³/mol. The SMILES string of the molecule is NC(c1cccc(Br)c1F)C1CC1c1ccccc1. The Morgan fingerprint density at radius 3 is 2.58 bits per heavy atom. The fourth-order valence-electron chi connectivity index (χ4n) is 2.70. The molecule has 3 unspecified atom stereocenters. The number of hydrogen-bond acceptors (Lipinski definition) is 1. The van der Waals surface area contributed by atoms with E-state index in [9.17, 15) is 4.39 Å². The van der Waals surface area contributed by atoms with Crippen molar-refractivity contribution < 1.29 is 4.39 Å². The molecular formula is C16H15BrFN. The first-order valence-electron chi connectivity index (χ1n) is 6.43. The minimum Gasteiger partial charge on any atom is -0.324 e. The standard InChI is InChI=1S/C16H15BrFN/c17-14-8-4-7-11(15(14)18)16(19)13-9-12(13)10-5-2-1-3-6-10/h1-8,12-13,16H,9,19H2. The summed E-state index contributed by atoms with van der Waals surface area (Å²) in [4.78, 5) is 0. The van der Waals surface area contributed by atoms with Crippen LogP contribution in [0.2, 0.25) is 0 Å². The summed E-state index contributed by atoms with van der Waals surface area (Å²) < 4.78 is 14.5. The van der Waals surface area contributed by atoms with Crippen LogP contribution in [0.25, 0.3) is 0 Å². The Bertz CT molecular complexity index is 585. The third-order valence-corrected chi connectivity index (χ3v) is 4.48. The molecule has 0 radical (unpaired) electrons. The quantitative estimate of drug-likeness (QED) is 0.892. The average molecular weight is 320 g/mol. The topological polar surface area (TPSA) is 26.0 Å². The summed E-state index contributed by atoms with van der Waals surface area (Å²) in [5.74, 6) is 0.578. The zero-order chi connectivity index (χ0) is 13.4. The Morgan fingerprint density at radius 1 is 1.11 bits per heavy atom. The van der Waals surface area contributed by atoms with E-state index in [1.54, 1.807) is 12.1 Å². The van der Waals surface area contributed by atoms with Crippen LogP contribution >= 0.6 is 15.9 Å². The Kier molecular flexibility index (Phi) is 3.42. The monoisotopic (exact) mass is 319 g/mol. The Labute approximate surface area is 120 Å². The second-order valence-electron chi connectivity index (χ2n) is 5.09. The third kappa shape index (κ3) is 2.45. The zero-order valence-corrected chi connectivity index (χ0v) is 12.0. The smallest absolute Gasteiger partial charge is 0.142 e. The maximum atomic E-state index is 14.0. The molecule has 3 rings (SSSR count). The first kappa shape index (κ1) is 12.8. The van der Waals surface area contributed by atoms with Gasteiger partial charge in [0.2, 0.25) is 0 Å². The molecule has 0 bridgehead atoms. The van der Waals surface area contributed by atoms with Gasteiger partial charge in [-0.1, -0.05) is 42.5 Å². The lowest BCUT2D eigenvalue weighted by molar-refractivity contribution is 0.543. The molecule has 1 aliphatic carbocycles. The highest BCUT2D eigenvalue weighted by atomic mass is 79.9. The fourth-order valence-corrected chi connectivity index (χ4v) is 3.09. The van der Waals surface area contributed by atoms with Gasteiger partial charge in [-0.25, -0.2) is 4.39 Å². The maximum Gasteiger partial charge on any atom is 0.142 e. The van der Waals surface area contributed by atoms with Gasteiger partial charge in [-0.15, -0.1) is 0 Å². The van der Waals surface area contributed by atoms with Gasteiger partial charge in [0.15, 0.2) is 0 Å². The molecule has 19 heavy (non-hydrogen) atoms. The van der Waals surface area contributed by atoms with Gasteiger partial charge in [-0.3, -0.25) is 0 Å².